The standard InChI is InChI=1S/C15H15BrN2O3/c1-10-4-2-3-5-13(10)18(7-6-14(19)20)15(21)12-8-11(16)9-17-12/h2-5,8-9,17H,6-7H2,1H3,(H,19,20). The van der Waals surface area contributed by atoms with Crippen LogP contribution in [0.5, 0.6) is 0 Å². The Morgan fingerprint density at radius 1 is 1.33 bits per heavy atom. The summed E-state index contributed by atoms with van der Waals surface area (Å²) in [4.78, 5) is 27.8. The Hall–Kier alpha value is -2.08. The van der Waals surface area contributed by atoms with E-state index in [1.165, 1.54) is 4.90 Å². The first-order valence-corrected chi connectivity index (χ1v) is 7.21. The van der Waals surface area contributed by atoms with Gasteiger partial charge in [-0.3, -0.25) is 9.59 Å². The molecule has 0 saturated carbocycles. The molecule has 6 heteroatoms. The molecule has 1 amide bonds. The molecule has 0 fully saturated rings. The number of nitrogens with zero attached hydrogens (tertiary/aromatic N) is 1. The van der Waals surface area contributed by atoms with Crippen molar-refractivity contribution in [3.05, 3.63) is 52.3 Å². The minimum Gasteiger partial charge on any atom is -0.481 e. The van der Waals surface area contributed by atoms with Crippen LogP contribution in [0.2, 0.25) is 0 Å². The van der Waals surface area contributed by atoms with Gasteiger partial charge < -0.3 is 15.0 Å². The van der Waals surface area contributed by atoms with Crippen LogP contribution >= 0.6 is 15.9 Å². The Morgan fingerprint density at radius 3 is 2.62 bits per heavy atom. The quantitative estimate of drug-likeness (QED) is 0.869. The van der Waals surface area contributed by atoms with Crippen molar-refractivity contribution in [1.29, 1.82) is 0 Å². The molecular weight excluding hydrogens is 336 g/mol. The number of H-pyrrole nitrogens is 1. The van der Waals surface area contributed by atoms with Gasteiger partial charge in [-0.25, -0.2) is 0 Å². The lowest BCUT2D eigenvalue weighted by Crippen LogP contribution is -2.33. The molecule has 0 aliphatic heterocycles. The third-order valence-electron chi connectivity index (χ3n) is 3.08. The molecule has 0 unspecified atom stereocenters. The van der Waals surface area contributed by atoms with E-state index >= 15 is 0 Å². The predicted molar refractivity (Wildman–Crippen MR) is 83.6 cm³/mol. The second-order valence-electron chi connectivity index (χ2n) is 4.62. The summed E-state index contributed by atoms with van der Waals surface area (Å²) >= 11 is 3.29. The van der Waals surface area contributed by atoms with E-state index in [1.54, 1.807) is 12.3 Å². The van der Waals surface area contributed by atoms with Gasteiger partial charge in [0, 0.05) is 22.9 Å². The molecule has 2 N–H and O–H groups in total. The van der Waals surface area contributed by atoms with E-state index in [-0.39, 0.29) is 18.9 Å². The largest absolute Gasteiger partial charge is 0.481 e. The number of anilines is 1. The summed E-state index contributed by atoms with van der Waals surface area (Å²) in [5.74, 6) is -1.19. The zero-order chi connectivity index (χ0) is 15.4. The summed E-state index contributed by atoms with van der Waals surface area (Å²) in [5, 5.41) is 8.88. The van der Waals surface area contributed by atoms with Gasteiger partial charge in [-0.15, -0.1) is 0 Å². The minimum atomic E-state index is -0.936. The third-order valence-corrected chi connectivity index (χ3v) is 3.54. The lowest BCUT2D eigenvalue weighted by molar-refractivity contribution is -0.136. The van der Waals surface area contributed by atoms with Crippen molar-refractivity contribution >= 4 is 33.5 Å². The van der Waals surface area contributed by atoms with Gasteiger partial charge in [-0.1, -0.05) is 18.2 Å². The highest BCUT2D eigenvalue weighted by molar-refractivity contribution is 9.10. The SMILES string of the molecule is Cc1ccccc1N(CCC(=O)O)C(=O)c1cc(Br)c[nH]1. The van der Waals surface area contributed by atoms with Gasteiger partial charge in [-0.2, -0.15) is 0 Å². The normalized spacial score (nSPS) is 10.4. The van der Waals surface area contributed by atoms with E-state index in [9.17, 15) is 9.59 Å². The number of nitrogens with one attached hydrogen (secondary N) is 1. The number of aromatic amines is 1. The highest BCUT2D eigenvalue weighted by atomic mass is 79.9. The number of amides is 1. The van der Waals surface area contributed by atoms with Gasteiger partial charge in [0.25, 0.3) is 5.91 Å². The van der Waals surface area contributed by atoms with Crippen molar-refractivity contribution in [2.24, 2.45) is 0 Å². The Balaban J connectivity index is 2.34. The third kappa shape index (κ3) is 3.72. The number of halogens is 1. The number of aliphatic carboxylic acids is 1. The van der Waals surface area contributed by atoms with Crippen molar-refractivity contribution in [2.45, 2.75) is 13.3 Å². The van der Waals surface area contributed by atoms with E-state index in [2.05, 4.69) is 20.9 Å². The number of carbonyl (C=O) groups excluding carboxylic acids is 1. The Labute approximate surface area is 130 Å². The number of carboxylic acid groups (broad SMARTS) is 1. The smallest absolute Gasteiger partial charge is 0.305 e. The molecule has 21 heavy (non-hydrogen) atoms. The topological polar surface area (TPSA) is 73.4 Å². The molecule has 0 atom stereocenters. The number of carbonyl (C=O) groups is 2. The Kier molecular flexibility index (Phi) is 4.80. The minimum absolute atomic E-state index is 0.109. The van der Waals surface area contributed by atoms with Crippen LogP contribution in [0.1, 0.15) is 22.5 Å². The van der Waals surface area contributed by atoms with Crippen molar-refractivity contribution in [3.8, 4) is 0 Å². The average Bonchev–Trinajstić information content (AvgIpc) is 2.87. The number of aryl methyl sites for hydroxylation is 1. The number of para-hydroxylation sites is 1. The Bertz CT molecular complexity index is 666. The number of aromatic nitrogens is 1. The van der Waals surface area contributed by atoms with Crippen LogP contribution in [0.4, 0.5) is 5.69 Å². The number of hydrogen-bond donors (Lipinski definition) is 2. The first-order valence-electron chi connectivity index (χ1n) is 6.42. The first kappa shape index (κ1) is 15.3. The van der Waals surface area contributed by atoms with E-state index < -0.39 is 5.97 Å². The summed E-state index contributed by atoms with van der Waals surface area (Å²) < 4.78 is 0.772. The molecule has 2 rings (SSSR count). The van der Waals surface area contributed by atoms with Crippen LogP contribution in [-0.2, 0) is 4.79 Å². The summed E-state index contributed by atoms with van der Waals surface area (Å²) in [7, 11) is 0. The number of benzene rings is 1. The van der Waals surface area contributed by atoms with Crippen LogP contribution in [-0.4, -0.2) is 28.5 Å². The van der Waals surface area contributed by atoms with Gasteiger partial charge in [0.05, 0.1) is 6.42 Å². The lowest BCUT2D eigenvalue weighted by atomic mass is 10.1. The number of hydrogen-bond acceptors (Lipinski definition) is 2. The fourth-order valence-corrected chi connectivity index (χ4v) is 2.39. The molecule has 0 saturated heterocycles. The molecule has 110 valence electrons. The maximum atomic E-state index is 12.6. The van der Waals surface area contributed by atoms with Crippen LogP contribution < -0.4 is 4.90 Å². The lowest BCUT2D eigenvalue weighted by Gasteiger charge is -2.23. The van der Waals surface area contributed by atoms with Gasteiger partial charge in [-0.05, 0) is 40.5 Å². The van der Waals surface area contributed by atoms with Gasteiger partial charge in [0.2, 0.25) is 0 Å². The number of rotatable bonds is 5. The van der Waals surface area contributed by atoms with Crippen molar-refractivity contribution in [3.63, 3.8) is 0 Å². The Morgan fingerprint density at radius 2 is 2.05 bits per heavy atom. The van der Waals surface area contributed by atoms with Crippen molar-refractivity contribution < 1.29 is 14.7 Å². The highest BCUT2D eigenvalue weighted by Crippen LogP contribution is 2.22. The summed E-state index contributed by atoms with van der Waals surface area (Å²) in [6, 6.07) is 9.08. The van der Waals surface area contributed by atoms with E-state index in [0.717, 1.165) is 15.7 Å². The van der Waals surface area contributed by atoms with Crippen LogP contribution in [0.25, 0.3) is 0 Å². The van der Waals surface area contributed by atoms with Crippen molar-refractivity contribution in [1.82, 2.24) is 4.98 Å². The summed E-state index contributed by atoms with van der Waals surface area (Å²) in [5.41, 5.74) is 2.05. The molecule has 0 radical (unpaired) electrons. The molecule has 0 aliphatic carbocycles. The zero-order valence-electron chi connectivity index (χ0n) is 11.5. The van der Waals surface area contributed by atoms with Gasteiger partial charge in [0.1, 0.15) is 5.69 Å². The molecule has 1 aromatic carbocycles. The predicted octanol–water partition coefficient (Wildman–Crippen LogP) is 3.21. The average molecular weight is 351 g/mol. The monoisotopic (exact) mass is 350 g/mol. The molecule has 2 aromatic rings. The van der Waals surface area contributed by atoms with E-state index in [0.29, 0.717) is 5.69 Å². The van der Waals surface area contributed by atoms with Gasteiger partial charge >= 0.3 is 5.97 Å². The molecule has 0 spiro atoms. The second kappa shape index (κ2) is 6.58. The summed E-state index contributed by atoms with van der Waals surface area (Å²) in [6.45, 7) is 2.01. The molecular formula is C15H15BrN2O3. The molecule has 0 aliphatic rings. The van der Waals surface area contributed by atoms with Gasteiger partial charge in [0.15, 0.2) is 0 Å². The molecule has 0 bridgehead atoms. The second-order valence-corrected chi connectivity index (χ2v) is 5.53. The maximum Gasteiger partial charge on any atom is 0.305 e. The molecule has 1 aromatic heterocycles. The fraction of sp³-hybridized carbons (Fsp3) is 0.200. The van der Waals surface area contributed by atoms with E-state index in [1.807, 2.05) is 31.2 Å². The molecule has 1 heterocycles. The highest BCUT2D eigenvalue weighted by Gasteiger charge is 2.21. The van der Waals surface area contributed by atoms with Crippen molar-refractivity contribution in [2.75, 3.05) is 11.4 Å². The first-order chi connectivity index (χ1) is 9.99. The fourth-order valence-electron chi connectivity index (χ4n) is 2.04. The summed E-state index contributed by atoms with van der Waals surface area (Å²) in [6.07, 6.45) is 1.56. The van der Waals surface area contributed by atoms with Crippen LogP contribution in [0, 0.1) is 6.92 Å². The van der Waals surface area contributed by atoms with Crippen LogP contribution in [0.15, 0.2) is 41.0 Å². The number of carboxylic acids is 1. The van der Waals surface area contributed by atoms with E-state index in [4.69, 9.17) is 5.11 Å². The molecule has 5 nitrogen and oxygen atoms in total. The zero-order valence-corrected chi connectivity index (χ0v) is 13.1. The van der Waals surface area contributed by atoms with Crippen LogP contribution in [0.3, 0.4) is 0 Å². The maximum absolute atomic E-state index is 12.6.